The van der Waals surface area contributed by atoms with Gasteiger partial charge in [0.05, 0.1) is 17.9 Å². The molecule has 1 aliphatic heterocycles. The van der Waals surface area contributed by atoms with Gasteiger partial charge in [0.2, 0.25) is 11.2 Å². The molecule has 0 saturated carbocycles. The van der Waals surface area contributed by atoms with E-state index in [4.69, 9.17) is 10.5 Å². The number of fused-ring (bicyclic) bond motifs is 1. The summed E-state index contributed by atoms with van der Waals surface area (Å²) >= 11 is -1.49. The Kier molecular flexibility index (Phi) is 3.60. The van der Waals surface area contributed by atoms with Crippen molar-refractivity contribution in [1.29, 1.82) is 0 Å². The molecule has 0 aromatic heterocycles. The summed E-state index contributed by atoms with van der Waals surface area (Å²) < 4.78 is 22.8. The molecule has 0 saturated heterocycles. The zero-order chi connectivity index (χ0) is 12.3. The molecule has 0 radical (unpaired) electrons. The smallest absolute Gasteiger partial charge is 0.245 e. The normalized spacial score (nSPS) is 17.9. The highest BCUT2D eigenvalue weighted by atomic mass is 32.2. The summed E-state index contributed by atoms with van der Waals surface area (Å²) in [6, 6.07) is 5.57. The first kappa shape index (κ1) is 11.9. The Morgan fingerprint density at radius 3 is 3.18 bits per heavy atom. The second-order valence-electron chi connectivity index (χ2n) is 3.48. The highest BCUT2D eigenvalue weighted by molar-refractivity contribution is 7.85. The predicted octanol–water partition coefficient (Wildman–Crippen LogP) is 0.454. The van der Waals surface area contributed by atoms with Crippen LogP contribution in [0, 0.1) is 0 Å². The third-order valence-electron chi connectivity index (χ3n) is 2.32. The lowest BCUT2D eigenvalue weighted by molar-refractivity contribution is 0.211. The number of benzene rings is 1. The fourth-order valence-corrected chi connectivity index (χ4v) is 2.27. The van der Waals surface area contributed by atoms with Crippen LogP contribution in [-0.2, 0) is 15.9 Å². The molecule has 1 heterocycles. The fourth-order valence-electron chi connectivity index (χ4n) is 1.60. The van der Waals surface area contributed by atoms with E-state index in [0.717, 1.165) is 16.9 Å². The number of nitrogens with two attached hydrogens (primary N) is 1. The average Bonchev–Trinajstić information content (AvgIpc) is 2.28. The van der Waals surface area contributed by atoms with Crippen LogP contribution in [0.15, 0.2) is 22.6 Å². The number of anilines is 2. The predicted molar refractivity (Wildman–Crippen MR) is 69.3 cm³/mol. The van der Waals surface area contributed by atoms with Crippen molar-refractivity contribution in [2.45, 2.75) is 0 Å². The van der Waals surface area contributed by atoms with Crippen molar-refractivity contribution in [1.82, 2.24) is 0 Å². The highest BCUT2D eigenvalue weighted by Gasteiger charge is 2.18. The van der Waals surface area contributed by atoms with Gasteiger partial charge in [0.1, 0.15) is 5.84 Å². The topological polar surface area (TPSA) is 88.7 Å². The van der Waals surface area contributed by atoms with Crippen LogP contribution in [-0.4, -0.2) is 30.3 Å². The molecule has 92 valence electrons. The Balaban J connectivity index is 2.28. The number of amidine groups is 1. The van der Waals surface area contributed by atoms with Gasteiger partial charge in [-0.1, -0.05) is 6.07 Å². The first-order chi connectivity index (χ1) is 8.22. The van der Waals surface area contributed by atoms with Crippen molar-refractivity contribution in [3.8, 4) is 0 Å². The third kappa shape index (κ3) is 2.56. The van der Waals surface area contributed by atoms with Crippen LogP contribution in [0.25, 0.3) is 0 Å². The summed E-state index contributed by atoms with van der Waals surface area (Å²) in [6.07, 6.45) is 0. The minimum atomic E-state index is -1.49. The lowest BCUT2D eigenvalue weighted by atomic mass is 10.1. The maximum Gasteiger partial charge on any atom is 0.245 e. The van der Waals surface area contributed by atoms with Crippen LogP contribution in [0.5, 0.6) is 0 Å². The van der Waals surface area contributed by atoms with Crippen molar-refractivity contribution in [2.75, 3.05) is 30.3 Å². The lowest BCUT2D eigenvalue weighted by Gasteiger charge is -2.18. The van der Waals surface area contributed by atoms with Gasteiger partial charge >= 0.3 is 0 Å². The first-order valence-corrected chi connectivity index (χ1v) is 6.22. The first-order valence-electron chi connectivity index (χ1n) is 5.11. The minimum Gasteiger partial charge on any atom is -0.383 e. The molecule has 1 aromatic carbocycles. The van der Waals surface area contributed by atoms with Crippen molar-refractivity contribution >= 4 is 28.4 Å². The molecule has 0 aliphatic carbocycles. The molecule has 1 aromatic rings. The largest absolute Gasteiger partial charge is 0.383 e. The summed E-state index contributed by atoms with van der Waals surface area (Å²) in [6.45, 7) is 1.27. The van der Waals surface area contributed by atoms with E-state index >= 15 is 0 Å². The number of nitrogens with one attached hydrogen (secondary N) is 2. The molecule has 17 heavy (non-hydrogen) atoms. The summed E-state index contributed by atoms with van der Waals surface area (Å²) in [5.74, 6) is 0.276. The van der Waals surface area contributed by atoms with E-state index < -0.39 is 11.2 Å². The molecule has 7 heteroatoms. The van der Waals surface area contributed by atoms with Crippen LogP contribution in [0.4, 0.5) is 11.4 Å². The Hall–Kier alpha value is -1.60. The van der Waals surface area contributed by atoms with Crippen LogP contribution in [0.1, 0.15) is 5.56 Å². The summed E-state index contributed by atoms with van der Waals surface area (Å²) in [5, 5.41) is 3.19. The molecule has 0 bridgehead atoms. The maximum absolute atomic E-state index is 11.3. The average molecular weight is 254 g/mol. The van der Waals surface area contributed by atoms with E-state index in [1.807, 2.05) is 18.2 Å². The van der Waals surface area contributed by atoms with Crippen LogP contribution in [0.2, 0.25) is 0 Å². The minimum absolute atomic E-state index is 0.276. The van der Waals surface area contributed by atoms with Gasteiger partial charge in [-0.2, -0.15) is 4.40 Å². The second-order valence-corrected chi connectivity index (χ2v) is 4.36. The van der Waals surface area contributed by atoms with Gasteiger partial charge in [0.15, 0.2) is 0 Å². The fraction of sp³-hybridized carbons (Fsp3) is 0.300. The second kappa shape index (κ2) is 5.15. The molecule has 1 atom stereocenters. The van der Waals surface area contributed by atoms with Crippen LogP contribution in [0.3, 0.4) is 0 Å². The molecule has 1 aliphatic rings. The van der Waals surface area contributed by atoms with Gasteiger partial charge in [-0.25, -0.2) is 4.21 Å². The van der Waals surface area contributed by atoms with Crippen LogP contribution < -0.4 is 15.8 Å². The molecular formula is C10H14N4O2S. The van der Waals surface area contributed by atoms with Gasteiger partial charge in [-0.05, 0) is 12.1 Å². The Morgan fingerprint density at radius 1 is 1.59 bits per heavy atom. The molecule has 0 spiro atoms. The third-order valence-corrected chi connectivity index (χ3v) is 3.08. The molecule has 2 rings (SSSR count). The Morgan fingerprint density at radius 2 is 2.41 bits per heavy atom. The lowest BCUT2D eigenvalue weighted by Crippen LogP contribution is -2.25. The Labute approximate surface area is 102 Å². The number of rotatable bonds is 4. The highest BCUT2D eigenvalue weighted by Crippen LogP contribution is 2.27. The van der Waals surface area contributed by atoms with Gasteiger partial charge in [0.25, 0.3) is 0 Å². The molecule has 1 unspecified atom stereocenters. The number of hydrogen-bond donors (Lipinski definition) is 3. The van der Waals surface area contributed by atoms with E-state index in [1.165, 1.54) is 0 Å². The number of hydrogen-bond acceptors (Lipinski definition) is 4. The molecular weight excluding hydrogens is 240 g/mol. The summed E-state index contributed by atoms with van der Waals surface area (Å²) in [4.78, 5) is 0. The van der Waals surface area contributed by atoms with E-state index in [9.17, 15) is 4.21 Å². The van der Waals surface area contributed by atoms with E-state index in [2.05, 4.69) is 14.4 Å². The quantitative estimate of drug-likeness (QED) is 0.681. The number of methoxy groups -OCH3 is 1. The van der Waals surface area contributed by atoms with Crippen molar-refractivity contribution in [2.24, 2.45) is 10.1 Å². The zero-order valence-electron chi connectivity index (χ0n) is 9.40. The summed E-state index contributed by atoms with van der Waals surface area (Å²) in [7, 11) is 1.64. The van der Waals surface area contributed by atoms with Gasteiger partial charge < -0.3 is 15.8 Å². The number of ether oxygens (including phenoxy) is 1. The van der Waals surface area contributed by atoms with Crippen LogP contribution >= 0.6 is 0 Å². The summed E-state index contributed by atoms with van der Waals surface area (Å²) in [5.41, 5.74) is 8.11. The molecule has 0 amide bonds. The SMILES string of the molecule is COCCNc1cccc2c1C(N)=NS(=O)N2. The van der Waals surface area contributed by atoms with E-state index in [-0.39, 0.29) is 5.84 Å². The molecule has 0 fully saturated rings. The van der Waals surface area contributed by atoms with Gasteiger partial charge in [0, 0.05) is 19.3 Å². The van der Waals surface area contributed by atoms with Crippen molar-refractivity contribution in [3.05, 3.63) is 23.8 Å². The maximum atomic E-state index is 11.3. The van der Waals surface area contributed by atoms with E-state index in [1.54, 1.807) is 7.11 Å². The standard InChI is InChI=1S/C10H14N4O2S/c1-16-6-5-12-7-3-2-4-8-9(7)10(11)14-17(15)13-8/h2-4,12-13H,5-6H2,1H3,(H2,11,14). The van der Waals surface area contributed by atoms with Crippen molar-refractivity contribution in [3.63, 3.8) is 0 Å². The van der Waals surface area contributed by atoms with E-state index in [0.29, 0.717) is 13.2 Å². The number of nitrogens with zero attached hydrogens (tertiary/aromatic N) is 1. The molecule has 4 N–H and O–H groups in total. The van der Waals surface area contributed by atoms with Crippen molar-refractivity contribution < 1.29 is 8.95 Å². The van der Waals surface area contributed by atoms with Gasteiger partial charge in [-0.3, -0.25) is 4.72 Å². The zero-order valence-corrected chi connectivity index (χ0v) is 10.2. The van der Waals surface area contributed by atoms with Gasteiger partial charge in [-0.15, -0.1) is 0 Å². The monoisotopic (exact) mass is 254 g/mol. The Bertz CT molecular complexity index is 475. The molecule has 6 nitrogen and oxygen atoms in total.